The number of amides is 4. The normalized spacial score (nSPS) is 14.0. The molecular weight excluding hydrogens is 378 g/mol. The van der Waals surface area contributed by atoms with E-state index in [0.29, 0.717) is 17.2 Å². The molecule has 2 aliphatic heterocycles. The molecule has 2 aliphatic rings. The van der Waals surface area contributed by atoms with Gasteiger partial charge in [-0.15, -0.1) is 0 Å². The first-order valence-electron chi connectivity index (χ1n) is 8.94. The van der Waals surface area contributed by atoms with Crippen LogP contribution in [0.4, 0.5) is 5.69 Å². The van der Waals surface area contributed by atoms with Crippen LogP contribution in [0.15, 0.2) is 42.5 Å². The summed E-state index contributed by atoms with van der Waals surface area (Å²) in [5.41, 5.74) is 1.12. The van der Waals surface area contributed by atoms with Gasteiger partial charge in [0.05, 0.1) is 11.1 Å². The highest BCUT2D eigenvalue weighted by Gasteiger charge is 2.36. The van der Waals surface area contributed by atoms with Crippen molar-refractivity contribution in [1.29, 1.82) is 0 Å². The Morgan fingerprint density at radius 2 is 1.62 bits per heavy atom. The highest BCUT2D eigenvalue weighted by Crippen LogP contribution is 2.34. The predicted molar refractivity (Wildman–Crippen MR) is 101 cm³/mol. The second-order valence-corrected chi connectivity index (χ2v) is 6.46. The minimum absolute atomic E-state index is 0.0301. The summed E-state index contributed by atoms with van der Waals surface area (Å²) in [7, 11) is 0. The van der Waals surface area contributed by atoms with E-state index in [1.54, 1.807) is 42.5 Å². The third-order valence-electron chi connectivity index (χ3n) is 4.51. The zero-order valence-corrected chi connectivity index (χ0v) is 15.3. The first-order chi connectivity index (χ1) is 14.0. The molecule has 29 heavy (non-hydrogen) atoms. The number of benzene rings is 2. The van der Waals surface area contributed by atoms with Gasteiger partial charge in [-0.25, -0.2) is 0 Å². The van der Waals surface area contributed by atoms with Crippen LogP contribution in [-0.2, 0) is 9.59 Å². The van der Waals surface area contributed by atoms with Crippen molar-refractivity contribution in [3.63, 3.8) is 0 Å². The highest BCUT2D eigenvalue weighted by molar-refractivity contribution is 6.22. The number of rotatable bonds is 6. The van der Waals surface area contributed by atoms with E-state index in [1.807, 2.05) is 0 Å². The van der Waals surface area contributed by atoms with Gasteiger partial charge >= 0.3 is 0 Å². The third kappa shape index (κ3) is 3.75. The molecule has 0 saturated carbocycles. The molecule has 4 rings (SSSR count). The second-order valence-electron chi connectivity index (χ2n) is 6.46. The van der Waals surface area contributed by atoms with Crippen molar-refractivity contribution in [3.05, 3.63) is 53.6 Å². The van der Waals surface area contributed by atoms with Gasteiger partial charge in [-0.1, -0.05) is 12.1 Å². The molecule has 0 spiro atoms. The summed E-state index contributed by atoms with van der Waals surface area (Å²) in [6.45, 7) is -0.180. The van der Waals surface area contributed by atoms with Gasteiger partial charge in [0.25, 0.3) is 11.8 Å². The summed E-state index contributed by atoms with van der Waals surface area (Å²) in [5, 5.41) is 5.25. The molecule has 9 heteroatoms. The van der Waals surface area contributed by atoms with E-state index in [1.165, 1.54) is 0 Å². The maximum absolute atomic E-state index is 12.3. The number of carbonyl (C=O) groups is 4. The Bertz CT molecular complexity index is 984. The van der Waals surface area contributed by atoms with Crippen LogP contribution in [0.25, 0.3) is 0 Å². The lowest BCUT2D eigenvalue weighted by molar-refractivity contribution is -0.121. The first-order valence-corrected chi connectivity index (χ1v) is 8.94. The van der Waals surface area contributed by atoms with Gasteiger partial charge in [0.1, 0.15) is 6.54 Å². The van der Waals surface area contributed by atoms with Gasteiger partial charge in [-0.2, -0.15) is 0 Å². The van der Waals surface area contributed by atoms with Crippen molar-refractivity contribution < 1.29 is 28.7 Å². The molecule has 4 amide bonds. The molecule has 0 saturated heterocycles. The molecule has 2 aromatic carbocycles. The number of ether oxygens (including phenoxy) is 2. The molecule has 0 fully saturated rings. The Balaban J connectivity index is 1.24. The summed E-state index contributed by atoms with van der Waals surface area (Å²) in [4.78, 5) is 49.5. The van der Waals surface area contributed by atoms with Crippen LogP contribution in [0, 0.1) is 0 Å². The lowest BCUT2D eigenvalue weighted by Gasteiger charge is -2.13. The van der Waals surface area contributed by atoms with E-state index < -0.39 is 24.3 Å². The van der Waals surface area contributed by atoms with Crippen LogP contribution >= 0.6 is 0 Å². The monoisotopic (exact) mass is 395 g/mol. The number of nitrogens with zero attached hydrogens (tertiary/aromatic N) is 1. The predicted octanol–water partition coefficient (Wildman–Crippen LogP) is 1.16. The highest BCUT2D eigenvalue weighted by atomic mass is 16.7. The van der Waals surface area contributed by atoms with Crippen LogP contribution < -0.4 is 20.1 Å². The molecule has 0 bridgehead atoms. The molecule has 9 nitrogen and oxygen atoms in total. The largest absolute Gasteiger partial charge is 0.454 e. The van der Waals surface area contributed by atoms with Gasteiger partial charge in [0.15, 0.2) is 11.5 Å². The summed E-state index contributed by atoms with van der Waals surface area (Å²) in [5.74, 6) is -0.650. The molecule has 0 radical (unpaired) electrons. The second kappa shape index (κ2) is 7.63. The quantitative estimate of drug-likeness (QED) is 0.710. The number of carbonyl (C=O) groups excluding carboxylic acids is 4. The Labute approximate surface area is 165 Å². The molecule has 2 aromatic rings. The van der Waals surface area contributed by atoms with E-state index in [4.69, 9.17) is 9.47 Å². The lowest BCUT2D eigenvalue weighted by atomic mass is 10.1. The molecule has 2 N–H and O–H groups in total. The first kappa shape index (κ1) is 18.5. The lowest BCUT2D eigenvalue weighted by Crippen LogP contribution is -2.41. The summed E-state index contributed by atoms with van der Waals surface area (Å²) >= 11 is 0. The summed E-state index contributed by atoms with van der Waals surface area (Å²) in [6, 6.07) is 11.5. The summed E-state index contributed by atoms with van der Waals surface area (Å²) < 4.78 is 10.5. The van der Waals surface area contributed by atoms with E-state index in [0.717, 1.165) is 4.90 Å². The molecule has 148 valence electrons. The van der Waals surface area contributed by atoms with Crippen molar-refractivity contribution >= 4 is 29.3 Å². The van der Waals surface area contributed by atoms with Crippen LogP contribution in [-0.4, -0.2) is 48.4 Å². The zero-order valence-electron chi connectivity index (χ0n) is 15.3. The molecule has 0 aromatic heterocycles. The van der Waals surface area contributed by atoms with Crippen molar-refractivity contribution in [2.24, 2.45) is 0 Å². The van der Waals surface area contributed by atoms with E-state index in [-0.39, 0.29) is 36.8 Å². The average Bonchev–Trinajstić information content (AvgIpc) is 3.27. The fourth-order valence-corrected chi connectivity index (χ4v) is 3.10. The molecule has 0 aliphatic carbocycles. The van der Waals surface area contributed by atoms with E-state index in [9.17, 15) is 19.2 Å². The van der Waals surface area contributed by atoms with Crippen molar-refractivity contribution in [2.45, 2.75) is 6.42 Å². The topological polar surface area (TPSA) is 114 Å². The minimum Gasteiger partial charge on any atom is -0.454 e. The van der Waals surface area contributed by atoms with Crippen molar-refractivity contribution in [2.75, 3.05) is 25.2 Å². The van der Waals surface area contributed by atoms with Gasteiger partial charge in [-0.05, 0) is 24.3 Å². The maximum atomic E-state index is 12.3. The van der Waals surface area contributed by atoms with Crippen LogP contribution in [0.5, 0.6) is 11.5 Å². The van der Waals surface area contributed by atoms with Crippen molar-refractivity contribution in [1.82, 2.24) is 10.2 Å². The molecule has 2 heterocycles. The Morgan fingerprint density at radius 1 is 0.931 bits per heavy atom. The van der Waals surface area contributed by atoms with Gasteiger partial charge < -0.3 is 20.1 Å². The van der Waals surface area contributed by atoms with Crippen molar-refractivity contribution in [3.8, 4) is 11.5 Å². The number of hydrogen-bond donors (Lipinski definition) is 2. The fraction of sp³-hybridized carbons (Fsp3) is 0.200. The number of nitrogens with one attached hydrogen (secondary N) is 2. The Kier molecular flexibility index (Phi) is 4.86. The van der Waals surface area contributed by atoms with E-state index in [2.05, 4.69) is 10.6 Å². The van der Waals surface area contributed by atoms with E-state index >= 15 is 0 Å². The number of hydrogen-bond acceptors (Lipinski definition) is 6. The molecular formula is C20H17N3O6. The van der Waals surface area contributed by atoms with Crippen LogP contribution in [0.3, 0.4) is 0 Å². The average molecular weight is 395 g/mol. The third-order valence-corrected chi connectivity index (χ3v) is 4.51. The van der Waals surface area contributed by atoms with Gasteiger partial charge in [0, 0.05) is 24.7 Å². The van der Waals surface area contributed by atoms with Gasteiger partial charge in [-0.3, -0.25) is 24.1 Å². The standard InChI is InChI=1S/C20H17N3O6/c24-17(22-12-5-6-15-16(9-12)29-11-28-15)7-8-21-18(25)10-23-19(26)13-3-1-2-4-14(13)20(23)27/h1-6,9H,7-8,10-11H2,(H,21,25)(H,22,24). The summed E-state index contributed by atoms with van der Waals surface area (Å²) in [6.07, 6.45) is 0.0301. The maximum Gasteiger partial charge on any atom is 0.262 e. The minimum atomic E-state index is -0.518. The smallest absolute Gasteiger partial charge is 0.262 e. The van der Waals surface area contributed by atoms with Gasteiger partial charge in [0.2, 0.25) is 18.6 Å². The fourth-order valence-electron chi connectivity index (χ4n) is 3.10. The number of imide groups is 1. The molecule has 0 unspecified atom stereocenters. The molecule has 0 atom stereocenters. The Morgan fingerprint density at radius 3 is 2.34 bits per heavy atom. The zero-order chi connectivity index (χ0) is 20.4. The number of anilines is 1. The van der Waals surface area contributed by atoms with Crippen LogP contribution in [0.2, 0.25) is 0 Å². The number of fused-ring (bicyclic) bond motifs is 2. The SMILES string of the molecule is O=C(CN1C(=O)c2ccccc2C1=O)NCCC(=O)Nc1ccc2c(c1)OCO2. The van der Waals surface area contributed by atoms with Crippen LogP contribution in [0.1, 0.15) is 27.1 Å². The Hall–Kier alpha value is -3.88.